The van der Waals surface area contributed by atoms with Crippen LogP contribution in [0.15, 0.2) is 138 Å². The molecule has 8 aromatic rings. The molecule has 2 aromatic heterocycles. The van der Waals surface area contributed by atoms with Crippen molar-refractivity contribution in [2.24, 2.45) is 0 Å². The highest BCUT2D eigenvalue weighted by Crippen LogP contribution is 2.40. The van der Waals surface area contributed by atoms with E-state index < -0.39 is 0 Å². The quantitative estimate of drug-likeness (QED) is 0.196. The third-order valence-electron chi connectivity index (χ3n) is 7.65. The van der Waals surface area contributed by atoms with E-state index in [4.69, 9.17) is 0 Å². The van der Waals surface area contributed by atoms with Gasteiger partial charge in [-0.3, -0.25) is 0 Å². The summed E-state index contributed by atoms with van der Waals surface area (Å²) in [6.07, 6.45) is 0. The van der Waals surface area contributed by atoms with Gasteiger partial charge < -0.3 is 4.57 Å². The number of hydrogen-bond donors (Lipinski definition) is 0. The summed E-state index contributed by atoms with van der Waals surface area (Å²) >= 11 is 5.58. The molecule has 0 aliphatic rings. The number of para-hydroxylation sites is 1. The Bertz CT molecular complexity index is 2170. The monoisotopic (exact) mass is 579 g/mol. The Hall–Kier alpha value is -4.18. The Morgan fingerprint density at radius 3 is 1.62 bits per heavy atom. The lowest BCUT2D eigenvalue weighted by molar-refractivity contribution is 1.18. The van der Waals surface area contributed by atoms with Crippen LogP contribution < -0.4 is 0 Å². The molecule has 3 heteroatoms. The fraction of sp³-hybridized carbons (Fsp3) is 0. The lowest BCUT2D eigenvalue weighted by Crippen LogP contribution is -1.92. The fourth-order valence-corrected chi connectivity index (χ4v) is 7.23. The van der Waals surface area contributed by atoms with E-state index in [0.29, 0.717) is 0 Å². The summed E-state index contributed by atoms with van der Waals surface area (Å²) in [5.74, 6) is 0. The molecule has 1 nitrogen and oxygen atoms in total. The molecule has 0 N–H and O–H groups in total. The molecule has 0 bridgehead atoms. The maximum atomic E-state index is 3.71. The average molecular weight is 581 g/mol. The van der Waals surface area contributed by atoms with Gasteiger partial charge in [0.2, 0.25) is 0 Å². The van der Waals surface area contributed by atoms with Crippen LogP contribution in [0.5, 0.6) is 0 Å². The lowest BCUT2D eigenvalue weighted by atomic mass is 9.99. The maximum Gasteiger partial charge on any atom is 0.0541 e. The summed E-state index contributed by atoms with van der Waals surface area (Å²) in [5, 5.41) is 5.15. The van der Waals surface area contributed by atoms with Crippen molar-refractivity contribution >= 4 is 69.2 Å². The van der Waals surface area contributed by atoms with Crippen LogP contribution in [-0.4, -0.2) is 4.57 Å². The highest BCUT2D eigenvalue weighted by molar-refractivity contribution is 9.10. The molecule has 0 spiro atoms. The van der Waals surface area contributed by atoms with Crippen LogP contribution in [0.2, 0.25) is 0 Å². The molecule has 0 saturated carbocycles. The molecule has 0 atom stereocenters. The average Bonchev–Trinajstić information content (AvgIpc) is 3.52. The zero-order valence-electron chi connectivity index (χ0n) is 20.9. The van der Waals surface area contributed by atoms with E-state index in [1.54, 1.807) is 0 Å². The fourth-order valence-electron chi connectivity index (χ4n) is 5.80. The Morgan fingerprint density at radius 1 is 0.436 bits per heavy atom. The number of nitrogens with zero attached hydrogens (tertiary/aromatic N) is 1. The first-order valence-electron chi connectivity index (χ1n) is 13.0. The second-order valence-corrected chi connectivity index (χ2v) is 12.0. The number of aromatic nitrogens is 1. The van der Waals surface area contributed by atoms with E-state index in [2.05, 4.69) is 154 Å². The van der Waals surface area contributed by atoms with Gasteiger partial charge in [-0.2, -0.15) is 0 Å². The normalized spacial score (nSPS) is 11.7. The Morgan fingerprint density at radius 2 is 0.949 bits per heavy atom. The second kappa shape index (κ2) is 8.94. The van der Waals surface area contributed by atoms with Gasteiger partial charge in [0.1, 0.15) is 0 Å². The molecule has 0 amide bonds. The molecule has 0 fully saturated rings. The lowest BCUT2D eigenvalue weighted by Gasteiger charge is -2.08. The summed E-state index contributed by atoms with van der Waals surface area (Å²) in [6, 6.07) is 48.5. The topological polar surface area (TPSA) is 4.93 Å². The van der Waals surface area contributed by atoms with E-state index in [0.717, 1.165) is 4.47 Å². The Kier molecular flexibility index (Phi) is 5.22. The number of hydrogen-bond acceptors (Lipinski definition) is 1. The number of fused-ring (bicyclic) bond motifs is 6. The van der Waals surface area contributed by atoms with Crippen LogP contribution in [0.25, 0.3) is 69.9 Å². The molecule has 0 radical (unpaired) electrons. The predicted molar refractivity (Wildman–Crippen MR) is 172 cm³/mol. The van der Waals surface area contributed by atoms with E-state index >= 15 is 0 Å². The van der Waals surface area contributed by atoms with Crippen molar-refractivity contribution < 1.29 is 0 Å². The third kappa shape index (κ3) is 3.73. The zero-order valence-corrected chi connectivity index (χ0v) is 23.3. The van der Waals surface area contributed by atoms with Crippen LogP contribution in [0.4, 0.5) is 0 Å². The van der Waals surface area contributed by atoms with E-state index in [1.807, 2.05) is 11.3 Å². The molecular weight excluding hydrogens is 558 g/mol. The van der Waals surface area contributed by atoms with Gasteiger partial charge in [-0.25, -0.2) is 0 Å². The standard InChI is InChI=1S/C36H22BrNS/c37-27-14-16-34-30(22-27)29-19-25(11-15-33(29)38(34)28-9-5-2-6-10-28)26-13-18-36-32(21-26)31-20-24(12-17-35(31)39-36)23-7-3-1-4-8-23/h1-22H. The van der Waals surface area contributed by atoms with Crippen molar-refractivity contribution in [3.63, 3.8) is 0 Å². The number of thiophene rings is 1. The number of rotatable bonds is 3. The number of halogens is 1. The molecule has 2 heterocycles. The van der Waals surface area contributed by atoms with Gasteiger partial charge in [0.05, 0.1) is 11.0 Å². The molecule has 6 aromatic carbocycles. The van der Waals surface area contributed by atoms with Gasteiger partial charge in [-0.05, 0) is 89.0 Å². The van der Waals surface area contributed by atoms with E-state index in [-0.39, 0.29) is 0 Å². The molecule has 0 aliphatic heterocycles. The van der Waals surface area contributed by atoms with Crippen molar-refractivity contribution in [2.45, 2.75) is 0 Å². The minimum atomic E-state index is 1.09. The zero-order chi connectivity index (χ0) is 25.9. The van der Waals surface area contributed by atoms with Gasteiger partial charge in [-0.15, -0.1) is 11.3 Å². The van der Waals surface area contributed by atoms with Gasteiger partial charge in [0, 0.05) is 41.1 Å². The molecule has 8 rings (SSSR count). The maximum absolute atomic E-state index is 3.71. The van der Waals surface area contributed by atoms with Crippen molar-refractivity contribution in [2.75, 3.05) is 0 Å². The van der Waals surface area contributed by atoms with Gasteiger partial charge >= 0.3 is 0 Å². The summed E-state index contributed by atoms with van der Waals surface area (Å²) in [7, 11) is 0. The van der Waals surface area contributed by atoms with Crippen molar-refractivity contribution in [1.82, 2.24) is 4.57 Å². The summed E-state index contributed by atoms with van der Waals surface area (Å²) in [4.78, 5) is 0. The first kappa shape index (κ1) is 22.8. The van der Waals surface area contributed by atoms with Crippen LogP contribution in [0.3, 0.4) is 0 Å². The second-order valence-electron chi connectivity index (χ2n) is 9.95. The van der Waals surface area contributed by atoms with Gasteiger partial charge in [0.25, 0.3) is 0 Å². The minimum absolute atomic E-state index is 1.09. The van der Waals surface area contributed by atoms with Crippen molar-refractivity contribution in [3.05, 3.63) is 138 Å². The Labute approximate surface area is 238 Å². The molecule has 0 aliphatic carbocycles. The molecule has 184 valence electrons. The van der Waals surface area contributed by atoms with E-state index in [1.165, 1.54) is 69.9 Å². The highest BCUT2D eigenvalue weighted by Gasteiger charge is 2.15. The SMILES string of the molecule is Brc1ccc2c(c1)c1cc(-c3ccc4sc5ccc(-c6ccccc6)cc5c4c3)ccc1n2-c1ccccc1. The Balaban J connectivity index is 1.33. The van der Waals surface area contributed by atoms with Crippen molar-refractivity contribution in [1.29, 1.82) is 0 Å². The number of benzene rings is 6. The minimum Gasteiger partial charge on any atom is -0.309 e. The van der Waals surface area contributed by atoms with Crippen molar-refractivity contribution in [3.8, 4) is 27.9 Å². The van der Waals surface area contributed by atoms with Gasteiger partial charge in [-0.1, -0.05) is 82.7 Å². The predicted octanol–water partition coefficient (Wildman–Crippen LogP) is 11.2. The van der Waals surface area contributed by atoms with Gasteiger partial charge in [0.15, 0.2) is 0 Å². The van der Waals surface area contributed by atoms with Crippen LogP contribution in [0, 0.1) is 0 Å². The van der Waals surface area contributed by atoms with E-state index in [9.17, 15) is 0 Å². The molecular formula is C36H22BrNS. The van der Waals surface area contributed by atoms with Crippen LogP contribution >= 0.6 is 27.3 Å². The largest absolute Gasteiger partial charge is 0.309 e. The molecule has 0 saturated heterocycles. The van der Waals surface area contributed by atoms with Crippen LogP contribution in [-0.2, 0) is 0 Å². The summed E-state index contributed by atoms with van der Waals surface area (Å²) in [6.45, 7) is 0. The first-order chi connectivity index (χ1) is 19.2. The highest BCUT2D eigenvalue weighted by atomic mass is 79.9. The summed E-state index contributed by atoms with van der Waals surface area (Å²) < 4.78 is 6.10. The third-order valence-corrected chi connectivity index (χ3v) is 9.30. The molecule has 39 heavy (non-hydrogen) atoms. The summed E-state index contributed by atoms with van der Waals surface area (Å²) in [5.41, 5.74) is 8.58. The first-order valence-corrected chi connectivity index (χ1v) is 14.7. The smallest absolute Gasteiger partial charge is 0.0541 e. The molecule has 0 unspecified atom stereocenters. The van der Waals surface area contributed by atoms with Crippen LogP contribution in [0.1, 0.15) is 0 Å².